The zero-order valence-corrected chi connectivity index (χ0v) is 12.3. The summed E-state index contributed by atoms with van der Waals surface area (Å²) in [6.07, 6.45) is 1.86. The molecule has 0 radical (unpaired) electrons. The molecule has 0 aliphatic rings. The van der Waals surface area contributed by atoms with E-state index in [9.17, 15) is 0 Å². The van der Waals surface area contributed by atoms with E-state index < -0.39 is 0 Å². The van der Waals surface area contributed by atoms with Crippen LogP contribution >= 0.6 is 15.9 Å². The highest BCUT2D eigenvalue weighted by molar-refractivity contribution is 9.10. The van der Waals surface area contributed by atoms with Crippen molar-refractivity contribution in [2.24, 2.45) is 7.05 Å². The van der Waals surface area contributed by atoms with E-state index in [0.717, 1.165) is 15.9 Å². The fraction of sp³-hybridized carbons (Fsp3) is 0.385. The summed E-state index contributed by atoms with van der Waals surface area (Å²) in [5.74, 6) is 1.32. The highest BCUT2D eigenvalue weighted by atomic mass is 79.9. The Bertz CT molecular complexity index is 537. The minimum absolute atomic E-state index is 0.416. The Balaban J connectivity index is 2.13. The van der Waals surface area contributed by atoms with Crippen LogP contribution in [0.2, 0.25) is 0 Å². The second-order valence-electron chi connectivity index (χ2n) is 4.51. The first-order chi connectivity index (χ1) is 8.56. The van der Waals surface area contributed by atoms with E-state index in [-0.39, 0.29) is 0 Å². The predicted octanol–water partition coefficient (Wildman–Crippen LogP) is 3.28. The molecule has 1 aromatic carbocycles. The first kappa shape index (κ1) is 13.1. The molecule has 96 valence electrons. The number of ether oxygens (including phenoxy) is 1. The Labute approximate surface area is 115 Å². The number of rotatable bonds is 4. The molecule has 0 aliphatic heterocycles. The van der Waals surface area contributed by atoms with E-state index in [1.54, 1.807) is 4.68 Å². The van der Waals surface area contributed by atoms with Gasteiger partial charge in [0, 0.05) is 11.5 Å². The zero-order valence-electron chi connectivity index (χ0n) is 10.7. The van der Waals surface area contributed by atoms with Crippen LogP contribution in [-0.2, 0) is 13.7 Å². The van der Waals surface area contributed by atoms with Crippen molar-refractivity contribution in [2.45, 2.75) is 26.4 Å². The van der Waals surface area contributed by atoms with Crippen LogP contribution in [0.5, 0.6) is 5.75 Å². The van der Waals surface area contributed by atoms with Crippen LogP contribution in [0.1, 0.15) is 31.0 Å². The maximum Gasteiger partial charge on any atom is 0.134 e. The van der Waals surface area contributed by atoms with Crippen LogP contribution in [0, 0.1) is 0 Å². The molecule has 0 fully saturated rings. The third-order valence-electron chi connectivity index (χ3n) is 2.62. The molecule has 5 heteroatoms. The molecule has 0 saturated heterocycles. The molecule has 2 aromatic rings. The molecule has 0 spiro atoms. The lowest BCUT2D eigenvalue weighted by Gasteiger charge is -2.13. The van der Waals surface area contributed by atoms with E-state index in [2.05, 4.69) is 46.2 Å². The summed E-state index contributed by atoms with van der Waals surface area (Å²) in [5.41, 5.74) is 2.02. The number of halogens is 1. The lowest BCUT2D eigenvalue weighted by atomic mass is 10.0. The zero-order chi connectivity index (χ0) is 13.1. The second-order valence-corrected chi connectivity index (χ2v) is 5.42. The van der Waals surface area contributed by atoms with Crippen LogP contribution in [0.25, 0.3) is 0 Å². The Morgan fingerprint density at radius 1 is 1.39 bits per heavy atom. The maximum atomic E-state index is 5.82. The lowest BCUT2D eigenvalue weighted by molar-refractivity contribution is 0.297. The number of nitrogens with zero attached hydrogens (tertiary/aromatic N) is 3. The van der Waals surface area contributed by atoms with Crippen LogP contribution in [0.15, 0.2) is 28.9 Å². The van der Waals surface area contributed by atoms with Gasteiger partial charge in [0.2, 0.25) is 0 Å². The highest BCUT2D eigenvalue weighted by Crippen LogP contribution is 2.29. The average molecular weight is 310 g/mol. The largest absolute Gasteiger partial charge is 0.487 e. The molecule has 1 heterocycles. The van der Waals surface area contributed by atoms with Crippen molar-refractivity contribution in [3.8, 4) is 5.75 Å². The van der Waals surface area contributed by atoms with E-state index in [4.69, 9.17) is 4.74 Å². The van der Waals surface area contributed by atoms with Crippen LogP contribution in [0.4, 0.5) is 0 Å². The first-order valence-electron chi connectivity index (χ1n) is 5.83. The Hall–Kier alpha value is -1.36. The van der Waals surface area contributed by atoms with Gasteiger partial charge in [0.25, 0.3) is 0 Å². The topological polar surface area (TPSA) is 39.9 Å². The second kappa shape index (κ2) is 5.52. The number of hydrogen-bond acceptors (Lipinski definition) is 3. The fourth-order valence-electron chi connectivity index (χ4n) is 1.72. The van der Waals surface area contributed by atoms with E-state index in [1.807, 2.05) is 25.4 Å². The minimum atomic E-state index is 0.416. The summed E-state index contributed by atoms with van der Waals surface area (Å²) in [6.45, 7) is 4.74. The normalized spacial score (nSPS) is 10.9. The van der Waals surface area contributed by atoms with Gasteiger partial charge in [-0.1, -0.05) is 35.0 Å². The highest BCUT2D eigenvalue weighted by Gasteiger charge is 2.09. The summed E-state index contributed by atoms with van der Waals surface area (Å²) in [5, 5.41) is 7.88. The van der Waals surface area contributed by atoms with Gasteiger partial charge in [-0.2, -0.15) is 0 Å². The summed E-state index contributed by atoms with van der Waals surface area (Å²) in [7, 11) is 1.84. The molecule has 0 saturated carbocycles. The molecule has 0 N–H and O–H groups in total. The number of aryl methyl sites for hydroxylation is 1. The van der Waals surface area contributed by atoms with Crippen LogP contribution in [-0.4, -0.2) is 15.0 Å². The molecule has 0 atom stereocenters. The Kier molecular flexibility index (Phi) is 4.01. The standard InChI is InChI=1S/C13H16BrN3O/c1-9(2)12-6-10(14)4-5-13(12)18-8-11-7-17(3)16-15-11/h4-7,9H,8H2,1-3H3. The lowest BCUT2D eigenvalue weighted by Crippen LogP contribution is -2.00. The number of benzene rings is 1. The molecule has 0 bridgehead atoms. The molecular formula is C13H16BrN3O. The monoisotopic (exact) mass is 309 g/mol. The summed E-state index contributed by atoms with van der Waals surface area (Å²) in [6, 6.07) is 6.06. The van der Waals surface area contributed by atoms with Crippen LogP contribution < -0.4 is 4.74 Å². The van der Waals surface area contributed by atoms with Gasteiger partial charge in [0.1, 0.15) is 18.1 Å². The third-order valence-corrected chi connectivity index (χ3v) is 3.11. The average Bonchev–Trinajstić information content (AvgIpc) is 2.73. The third kappa shape index (κ3) is 3.10. The Morgan fingerprint density at radius 3 is 2.78 bits per heavy atom. The van der Waals surface area contributed by atoms with Crippen LogP contribution in [0.3, 0.4) is 0 Å². The van der Waals surface area contributed by atoms with Crippen molar-refractivity contribution in [3.05, 3.63) is 40.1 Å². The molecule has 2 rings (SSSR count). The predicted molar refractivity (Wildman–Crippen MR) is 73.6 cm³/mol. The van der Waals surface area contributed by atoms with Gasteiger partial charge in [0.15, 0.2) is 0 Å². The fourth-order valence-corrected chi connectivity index (χ4v) is 2.09. The van der Waals surface area contributed by atoms with Gasteiger partial charge in [-0.25, -0.2) is 0 Å². The van der Waals surface area contributed by atoms with Gasteiger partial charge in [-0.15, -0.1) is 5.10 Å². The molecule has 18 heavy (non-hydrogen) atoms. The van der Waals surface area contributed by atoms with E-state index in [1.165, 1.54) is 5.56 Å². The molecule has 1 aromatic heterocycles. The van der Waals surface area contributed by atoms with Crippen molar-refractivity contribution in [1.82, 2.24) is 15.0 Å². The minimum Gasteiger partial charge on any atom is -0.487 e. The Morgan fingerprint density at radius 2 is 2.17 bits per heavy atom. The summed E-state index contributed by atoms with van der Waals surface area (Å²) in [4.78, 5) is 0. The quantitative estimate of drug-likeness (QED) is 0.870. The number of hydrogen-bond donors (Lipinski definition) is 0. The van der Waals surface area contributed by atoms with Crippen molar-refractivity contribution in [2.75, 3.05) is 0 Å². The van der Waals surface area contributed by atoms with Crippen molar-refractivity contribution >= 4 is 15.9 Å². The smallest absolute Gasteiger partial charge is 0.134 e. The molecule has 4 nitrogen and oxygen atoms in total. The SMILES string of the molecule is CC(C)c1cc(Br)ccc1OCc1cn(C)nn1. The van der Waals surface area contributed by atoms with Gasteiger partial charge >= 0.3 is 0 Å². The van der Waals surface area contributed by atoms with Crippen molar-refractivity contribution < 1.29 is 4.74 Å². The van der Waals surface area contributed by atoms with Gasteiger partial charge in [-0.05, 0) is 29.7 Å². The maximum absolute atomic E-state index is 5.82. The number of aromatic nitrogens is 3. The summed E-state index contributed by atoms with van der Waals surface area (Å²) < 4.78 is 8.55. The van der Waals surface area contributed by atoms with Crippen molar-refractivity contribution in [1.29, 1.82) is 0 Å². The van der Waals surface area contributed by atoms with E-state index in [0.29, 0.717) is 12.5 Å². The molecule has 0 aliphatic carbocycles. The summed E-state index contributed by atoms with van der Waals surface area (Å²) >= 11 is 3.48. The van der Waals surface area contributed by atoms with E-state index >= 15 is 0 Å². The van der Waals surface area contributed by atoms with Crippen molar-refractivity contribution in [3.63, 3.8) is 0 Å². The molecule has 0 amide bonds. The molecular weight excluding hydrogens is 294 g/mol. The van der Waals surface area contributed by atoms with Gasteiger partial charge in [0.05, 0.1) is 6.20 Å². The molecule has 0 unspecified atom stereocenters. The van der Waals surface area contributed by atoms with Gasteiger partial charge in [-0.3, -0.25) is 4.68 Å². The van der Waals surface area contributed by atoms with Gasteiger partial charge < -0.3 is 4.74 Å². The first-order valence-corrected chi connectivity index (χ1v) is 6.63.